The van der Waals surface area contributed by atoms with E-state index in [1.165, 1.54) is 5.56 Å². The minimum Gasteiger partial charge on any atom is -0.342 e. The number of carbonyl (C=O) groups excluding carboxylic acids is 2. The van der Waals surface area contributed by atoms with Crippen molar-refractivity contribution in [2.45, 2.75) is 51.3 Å². The summed E-state index contributed by atoms with van der Waals surface area (Å²) in [7, 11) is 0. The molecular weight excluding hydrogens is 344 g/mol. The van der Waals surface area contributed by atoms with E-state index < -0.39 is 0 Å². The van der Waals surface area contributed by atoms with E-state index in [1.54, 1.807) is 11.8 Å². The summed E-state index contributed by atoms with van der Waals surface area (Å²) < 4.78 is 0. The Bertz CT molecular complexity index is 626. The van der Waals surface area contributed by atoms with Crippen molar-refractivity contribution in [2.24, 2.45) is 5.41 Å². The van der Waals surface area contributed by atoms with Gasteiger partial charge >= 0.3 is 0 Å². The largest absolute Gasteiger partial charge is 0.342 e. The summed E-state index contributed by atoms with van der Waals surface area (Å²) in [6, 6.07) is 10.2. The molecule has 1 aromatic rings. The predicted molar refractivity (Wildman–Crippen MR) is 107 cm³/mol. The molecule has 1 aromatic carbocycles. The molecule has 142 valence electrons. The van der Waals surface area contributed by atoms with Crippen LogP contribution in [0, 0.1) is 5.41 Å². The number of amides is 2. The first kappa shape index (κ1) is 19.3. The van der Waals surface area contributed by atoms with Crippen LogP contribution in [-0.2, 0) is 16.1 Å². The first-order valence-corrected chi connectivity index (χ1v) is 10.8. The van der Waals surface area contributed by atoms with Crippen LogP contribution in [0.1, 0.15) is 45.1 Å². The third-order valence-electron chi connectivity index (χ3n) is 5.86. The molecule has 0 radical (unpaired) electrons. The van der Waals surface area contributed by atoms with Crippen molar-refractivity contribution in [1.82, 2.24) is 9.80 Å². The average molecular weight is 375 g/mol. The molecule has 2 fully saturated rings. The first-order chi connectivity index (χ1) is 12.5. The minimum absolute atomic E-state index is 0.0524. The lowest BCUT2D eigenvalue weighted by atomic mass is 9.72. The first-order valence-electron chi connectivity index (χ1n) is 9.75. The van der Waals surface area contributed by atoms with Crippen molar-refractivity contribution >= 4 is 23.6 Å². The number of hydrogen-bond donors (Lipinski definition) is 0. The van der Waals surface area contributed by atoms with Gasteiger partial charge in [0.1, 0.15) is 0 Å². The van der Waals surface area contributed by atoms with Crippen LogP contribution in [0.15, 0.2) is 30.3 Å². The van der Waals surface area contributed by atoms with Gasteiger partial charge in [-0.15, -0.1) is 11.8 Å². The van der Waals surface area contributed by atoms with Gasteiger partial charge in [0.2, 0.25) is 11.8 Å². The van der Waals surface area contributed by atoms with E-state index in [9.17, 15) is 9.59 Å². The lowest BCUT2D eigenvalue weighted by Crippen LogP contribution is -2.52. The van der Waals surface area contributed by atoms with Crippen LogP contribution in [0.3, 0.4) is 0 Å². The van der Waals surface area contributed by atoms with Crippen LogP contribution in [-0.4, -0.2) is 52.3 Å². The molecule has 2 aliphatic heterocycles. The van der Waals surface area contributed by atoms with E-state index >= 15 is 0 Å². The van der Waals surface area contributed by atoms with E-state index in [1.807, 2.05) is 34.9 Å². The summed E-state index contributed by atoms with van der Waals surface area (Å²) >= 11 is 1.72. The van der Waals surface area contributed by atoms with Gasteiger partial charge in [-0.1, -0.05) is 37.3 Å². The van der Waals surface area contributed by atoms with Crippen molar-refractivity contribution < 1.29 is 9.59 Å². The summed E-state index contributed by atoms with van der Waals surface area (Å²) in [4.78, 5) is 29.0. The van der Waals surface area contributed by atoms with Crippen LogP contribution in [0.25, 0.3) is 0 Å². The second kappa shape index (κ2) is 8.47. The molecule has 3 rings (SSSR count). The van der Waals surface area contributed by atoms with Crippen LogP contribution in [0.5, 0.6) is 0 Å². The number of piperidine rings is 2. The summed E-state index contributed by atoms with van der Waals surface area (Å²) in [5.74, 6) is 1.52. The SMILES string of the molecule is CCS[C@@H](C)C(=O)N1CCC2(CCC(=O)N(Cc3ccccc3)C2)CC1. The van der Waals surface area contributed by atoms with Crippen molar-refractivity contribution in [2.75, 3.05) is 25.4 Å². The predicted octanol–water partition coefficient (Wildman–Crippen LogP) is 3.56. The number of likely N-dealkylation sites (tertiary alicyclic amines) is 2. The quantitative estimate of drug-likeness (QED) is 0.791. The molecular formula is C21H30N2O2S. The second-order valence-corrected chi connectivity index (χ2v) is 9.28. The minimum atomic E-state index is 0.0524. The highest BCUT2D eigenvalue weighted by Crippen LogP contribution is 2.41. The van der Waals surface area contributed by atoms with Gasteiger partial charge in [0, 0.05) is 32.6 Å². The molecule has 0 saturated carbocycles. The van der Waals surface area contributed by atoms with E-state index in [2.05, 4.69) is 19.1 Å². The highest BCUT2D eigenvalue weighted by atomic mass is 32.2. The Morgan fingerprint density at radius 3 is 2.54 bits per heavy atom. The van der Waals surface area contributed by atoms with E-state index in [-0.39, 0.29) is 22.5 Å². The zero-order valence-corrected chi connectivity index (χ0v) is 16.8. The molecule has 5 heteroatoms. The molecule has 0 N–H and O–H groups in total. The van der Waals surface area contributed by atoms with Gasteiger partial charge in [-0.25, -0.2) is 0 Å². The number of hydrogen-bond acceptors (Lipinski definition) is 3. The van der Waals surface area contributed by atoms with Gasteiger partial charge in [-0.05, 0) is 42.9 Å². The fraction of sp³-hybridized carbons (Fsp3) is 0.619. The number of nitrogens with zero attached hydrogens (tertiary/aromatic N) is 2. The van der Waals surface area contributed by atoms with Gasteiger partial charge in [-0.3, -0.25) is 9.59 Å². The summed E-state index contributed by atoms with van der Waals surface area (Å²) in [6.45, 7) is 7.32. The molecule has 0 bridgehead atoms. The third kappa shape index (κ3) is 4.43. The Balaban J connectivity index is 1.59. The molecule has 1 spiro atoms. The van der Waals surface area contributed by atoms with E-state index in [0.717, 1.165) is 44.6 Å². The number of carbonyl (C=O) groups is 2. The zero-order valence-electron chi connectivity index (χ0n) is 15.9. The Hall–Kier alpha value is -1.49. The molecule has 2 saturated heterocycles. The van der Waals surface area contributed by atoms with Crippen molar-refractivity contribution in [3.05, 3.63) is 35.9 Å². The van der Waals surface area contributed by atoms with Gasteiger partial charge < -0.3 is 9.80 Å². The van der Waals surface area contributed by atoms with Crippen LogP contribution in [0.4, 0.5) is 0 Å². The van der Waals surface area contributed by atoms with Crippen LogP contribution in [0.2, 0.25) is 0 Å². The molecule has 2 heterocycles. The summed E-state index contributed by atoms with van der Waals surface area (Å²) in [5, 5.41) is 0.0524. The zero-order chi connectivity index (χ0) is 18.6. The Morgan fingerprint density at radius 2 is 1.88 bits per heavy atom. The summed E-state index contributed by atoms with van der Waals surface area (Å²) in [6.07, 6.45) is 3.64. The van der Waals surface area contributed by atoms with Gasteiger partial charge in [0.25, 0.3) is 0 Å². The average Bonchev–Trinajstić information content (AvgIpc) is 2.66. The lowest BCUT2D eigenvalue weighted by molar-refractivity contribution is -0.142. The molecule has 26 heavy (non-hydrogen) atoms. The second-order valence-electron chi connectivity index (χ2n) is 7.66. The van der Waals surface area contributed by atoms with E-state index in [0.29, 0.717) is 13.0 Å². The molecule has 1 atom stereocenters. The topological polar surface area (TPSA) is 40.6 Å². The Kier molecular flexibility index (Phi) is 6.28. The highest BCUT2D eigenvalue weighted by Gasteiger charge is 2.42. The third-order valence-corrected chi connectivity index (χ3v) is 6.90. The highest BCUT2D eigenvalue weighted by molar-refractivity contribution is 8.00. The monoisotopic (exact) mass is 374 g/mol. The summed E-state index contributed by atoms with van der Waals surface area (Å²) in [5.41, 5.74) is 1.39. The standard InChI is InChI=1S/C21H30N2O2S/c1-3-26-17(2)20(25)22-13-11-21(12-14-22)10-9-19(24)23(16-21)15-18-7-5-4-6-8-18/h4-8,17H,3,9-16H2,1-2H3/t17-/m0/s1. The maximum atomic E-state index is 12.6. The molecule has 4 nitrogen and oxygen atoms in total. The fourth-order valence-electron chi connectivity index (χ4n) is 4.24. The maximum absolute atomic E-state index is 12.6. The van der Waals surface area contributed by atoms with Crippen LogP contribution < -0.4 is 0 Å². The van der Waals surface area contributed by atoms with Gasteiger partial charge in [0.15, 0.2) is 0 Å². The lowest BCUT2D eigenvalue weighted by Gasteiger charge is -2.47. The molecule has 2 aliphatic rings. The van der Waals surface area contributed by atoms with Crippen LogP contribution >= 0.6 is 11.8 Å². The van der Waals surface area contributed by atoms with E-state index in [4.69, 9.17) is 0 Å². The number of benzene rings is 1. The molecule has 0 aliphatic carbocycles. The molecule has 0 unspecified atom stereocenters. The smallest absolute Gasteiger partial charge is 0.235 e. The van der Waals surface area contributed by atoms with Crippen molar-refractivity contribution in [1.29, 1.82) is 0 Å². The normalized spacial score (nSPS) is 21.1. The van der Waals surface area contributed by atoms with Gasteiger partial charge in [0.05, 0.1) is 5.25 Å². The van der Waals surface area contributed by atoms with Crippen molar-refractivity contribution in [3.63, 3.8) is 0 Å². The number of thioether (sulfide) groups is 1. The molecule has 0 aromatic heterocycles. The molecule has 2 amide bonds. The number of rotatable bonds is 5. The Morgan fingerprint density at radius 1 is 1.19 bits per heavy atom. The van der Waals surface area contributed by atoms with Crippen molar-refractivity contribution in [3.8, 4) is 0 Å². The maximum Gasteiger partial charge on any atom is 0.235 e. The fourth-order valence-corrected chi connectivity index (χ4v) is 5.03. The Labute approximate surface area is 161 Å². The van der Waals surface area contributed by atoms with Gasteiger partial charge in [-0.2, -0.15) is 0 Å².